The third-order valence-electron chi connectivity index (χ3n) is 4.30. The average Bonchev–Trinajstić information content (AvgIpc) is 2.37. The van der Waals surface area contributed by atoms with Crippen molar-refractivity contribution >= 4 is 11.9 Å². The quantitative estimate of drug-likeness (QED) is 0.786. The molecule has 1 saturated carbocycles. The van der Waals surface area contributed by atoms with Gasteiger partial charge in [0.15, 0.2) is 0 Å². The number of aliphatic carboxylic acids is 1. The lowest BCUT2D eigenvalue weighted by molar-refractivity contribution is -0.158. The molecule has 3 unspecified atom stereocenters. The Hall–Kier alpha value is -1.10. The SMILES string of the molecule is NCCC(=O)N1C(C(=O)O)CCC2CCCCC21. The van der Waals surface area contributed by atoms with Gasteiger partial charge in [0.2, 0.25) is 5.91 Å². The molecule has 102 valence electrons. The van der Waals surface area contributed by atoms with Gasteiger partial charge >= 0.3 is 5.97 Å². The average molecular weight is 254 g/mol. The smallest absolute Gasteiger partial charge is 0.326 e. The Bertz CT molecular complexity index is 332. The Labute approximate surface area is 107 Å². The summed E-state index contributed by atoms with van der Waals surface area (Å²) in [7, 11) is 0. The first-order valence-corrected chi connectivity index (χ1v) is 6.89. The predicted molar refractivity (Wildman–Crippen MR) is 66.9 cm³/mol. The highest BCUT2D eigenvalue weighted by atomic mass is 16.4. The zero-order valence-corrected chi connectivity index (χ0v) is 10.7. The number of fused-ring (bicyclic) bond motifs is 1. The van der Waals surface area contributed by atoms with E-state index in [1.165, 1.54) is 6.42 Å². The Morgan fingerprint density at radius 1 is 1.17 bits per heavy atom. The third kappa shape index (κ3) is 2.51. The van der Waals surface area contributed by atoms with Gasteiger partial charge in [-0.1, -0.05) is 12.8 Å². The topological polar surface area (TPSA) is 83.6 Å². The van der Waals surface area contributed by atoms with Crippen LogP contribution < -0.4 is 5.73 Å². The van der Waals surface area contributed by atoms with Gasteiger partial charge in [0.1, 0.15) is 6.04 Å². The minimum atomic E-state index is -0.871. The highest BCUT2D eigenvalue weighted by Gasteiger charge is 2.43. The largest absolute Gasteiger partial charge is 0.480 e. The number of nitrogens with zero attached hydrogens (tertiary/aromatic N) is 1. The number of likely N-dealkylation sites (tertiary alicyclic amines) is 1. The minimum Gasteiger partial charge on any atom is -0.480 e. The van der Waals surface area contributed by atoms with Crippen LogP contribution in [0.2, 0.25) is 0 Å². The molecule has 3 atom stereocenters. The van der Waals surface area contributed by atoms with Crippen LogP contribution in [0.4, 0.5) is 0 Å². The predicted octanol–water partition coefficient (Wildman–Crippen LogP) is 0.970. The van der Waals surface area contributed by atoms with Crippen LogP contribution in [0.1, 0.15) is 44.9 Å². The molecule has 0 aromatic heterocycles. The molecule has 2 fully saturated rings. The van der Waals surface area contributed by atoms with Gasteiger partial charge < -0.3 is 15.7 Å². The molecule has 1 saturated heterocycles. The summed E-state index contributed by atoms with van der Waals surface area (Å²) in [6.07, 6.45) is 6.17. The molecule has 2 rings (SSSR count). The van der Waals surface area contributed by atoms with Gasteiger partial charge in [-0.25, -0.2) is 4.79 Å². The molecule has 18 heavy (non-hydrogen) atoms. The molecule has 0 spiro atoms. The van der Waals surface area contributed by atoms with Crippen LogP contribution in [-0.4, -0.2) is 40.5 Å². The minimum absolute atomic E-state index is 0.0819. The van der Waals surface area contributed by atoms with Crippen molar-refractivity contribution in [2.75, 3.05) is 6.54 Å². The molecule has 3 N–H and O–H groups in total. The normalized spacial score (nSPS) is 31.8. The van der Waals surface area contributed by atoms with Gasteiger partial charge in [0, 0.05) is 19.0 Å². The number of carboxylic acid groups (broad SMARTS) is 1. The fourth-order valence-corrected chi connectivity index (χ4v) is 3.49. The van der Waals surface area contributed by atoms with Crippen molar-refractivity contribution in [3.05, 3.63) is 0 Å². The molecule has 2 aliphatic rings. The van der Waals surface area contributed by atoms with Crippen LogP contribution >= 0.6 is 0 Å². The maximum atomic E-state index is 12.2. The third-order valence-corrected chi connectivity index (χ3v) is 4.30. The first-order chi connectivity index (χ1) is 8.65. The van der Waals surface area contributed by atoms with Crippen molar-refractivity contribution in [2.45, 2.75) is 57.0 Å². The molecule has 1 amide bonds. The number of hydrogen-bond donors (Lipinski definition) is 2. The van der Waals surface area contributed by atoms with Crippen LogP contribution in [0.25, 0.3) is 0 Å². The van der Waals surface area contributed by atoms with Gasteiger partial charge in [-0.2, -0.15) is 0 Å². The number of carbonyl (C=O) groups is 2. The number of nitrogens with two attached hydrogens (primary N) is 1. The molecule has 0 aromatic carbocycles. The summed E-state index contributed by atoms with van der Waals surface area (Å²) in [6.45, 7) is 0.291. The van der Waals surface area contributed by atoms with E-state index >= 15 is 0 Å². The highest BCUT2D eigenvalue weighted by molar-refractivity contribution is 5.84. The van der Waals surface area contributed by atoms with E-state index in [0.717, 1.165) is 25.7 Å². The van der Waals surface area contributed by atoms with Crippen LogP contribution in [-0.2, 0) is 9.59 Å². The first-order valence-electron chi connectivity index (χ1n) is 6.89. The van der Waals surface area contributed by atoms with E-state index in [-0.39, 0.29) is 18.4 Å². The fraction of sp³-hybridized carbons (Fsp3) is 0.846. The summed E-state index contributed by atoms with van der Waals surface area (Å²) in [5, 5.41) is 9.29. The lowest BCUT2D eigenvalue weighted by Crippen LogP contribution is -2.57. The zero-order valence-electron chi connectivity index (χ0n) is 10.7. The van der Waals surface area contributed by atoms with E-state index in [0.29, 0.717) is 18.9 Å². The second kappa shape index (κ2) is 5.69. The van der Waals surface area contributed by atoms with Crippen molar-refractivity contribution < 1.29 is 14.7 Å². The molecule has 0 aromatic rings. The number of rotatable bonds is 3. The van der Waals surface area contributed by atoms with E-state index in [1.807, 2.05) is 0 Å². The van der Waals surface area contributed by atoms with Gasteiger partial charge in [0.05, 0.1) is 0 Å². The Morgan fingerprint density at radius 3 is 2.56 bits per heavy atom. The van der Waals surface area contributed by atoms with Crippen molar-refractivity contribution in [1.29, 1.82) is 0 Å². The second-order valence-corrected chi connectivity index (χ2v) is 5.38. The maximum Gasteiger partial charge on any atom is 0.326 e. The fourth-order valence-electron chi connectivity index (χ4n) is 3.49. The Morgan fingerprint density at radius 2 is 1.89 bits per heavy atom. The van der Waals surface area contributed by atoms with Gasteiger partial charge in [-0.15, -0.1) is 0 Å². The van der Waals surface area contributed by atoms with E-state index in [1.54, 1.807) is 4.90 Å². The monoisotopic (exact) mass is 254 g/mol. The first kappa shape index (κ1) is 13.3. The molecule has 1 aliphatic heterocycles. The summed E-state index contributed by atoms with van der Waals surface area (Å²) in [4.78, 5) is 25.1. The van der Waals surface area contributed by atoms with Crippen LogP contribution in [0.3, 0.4) is 0 Å². The van der Waals surface area contributed by atoms with Crippen molar-refractivity contribution in [3.8, 4) is 0 Å². The van der Waals surface area contributed by atoms with Crippen LogP contribution in [0.15, 0.2) is 0 Å². The summed E-state index contributed by atoms with van der Waals surface area (Å²) >= 11 is 0. The lowest BCUT2D eigenvalue weighted by Gasteiger charge is -2.47. The van der Waals surface area contributed by atoms with E-state index in [4.69, 9.17) is 5.73 Å². The summed E-state index contributed by atoms with van der Waals surface area (Å²) in [5.74, 6) is -0.457. The van der Waals surface area contributed by atoms with Gasteiger partial charge in [-0.3, -0.25) is 4.79 Å². The van der Waals surface area contributed by atoms with E-state index < -0.39 is 12.0 Å². The molecule has 0 bridgehead atoms. The Balaban J connectivity index is 2.18. The van der Waals surface area contributed by atoms with Crippen molar-refractivity contribution in [1.82, 2.24) is 4.90 Å². The van der Waals surface area contributed by atoms with Crippen molar-refractivity contribution in [3.63, 3.8) is 0 Å². The molecule has 0 radical (unpaired) electrons. The standard InChI is InChI=1S/C13H22N2O3/c14-8-7-12(16)15-10-4-2-1-3-9(10)5-6-11(15)13(17)18/h9-11H,1-8,14H2,(H,17,18). The van der Waals surface area contributed by atoms with Crippen molar-refractivity contribution in [2.24, 2.45) is 11.7 Å². The molecule has 1 aliphatic carbocycles. The van der Waals surface area contributed by atoms with Gasteiger partial charge in [-0.05, 0) is 31.6 Å². The molecular formula is C13H22N2O3. The number of carboxylic acids is 1. The molecule has 1 heterocycles. The van der Waals surface area contributed by atoms with Crippen LogP contribution in [0, 0.1) is 5.92 Å². The number of amides is 1. The maximum absolute atomic E-state index is 12.2. The molecular weight excluding hydrogens is 232 g/mol. The molecule has 5 nitrogen and oxygen atoms in total. The highest BCUT2D eigenvalue weighted by Crippen LogP contribution is 2.38. The number of hydrogen-bond acceptors (Lipinski definition) is 3. The van der Waals surface area contributed by atoms with E-state index in [9.17, 15) is 14.7 Å². The summed E-state index contributed by atoms with van der Waals surface area (Å²) < 4.78 is 0. The van der Waals surface area contributed by atoms with Gasteiger partial charge in [0.25, 0.3) is 0 Å². The summed E-state index contributed by atoms with van der Waals surface area (Å²) in [6, 6.07) is -0.504. The van der Waals surface area contributed by atoms with Crippen LogP contribution in [0.5, 0.6) is 0 Å². The Kier molecular flexibility index (Phi) is 4.22. The van der Waals surface area contributed by atoms with E-state index in [2.05, 4.69) is 0 Å². The second-order valence-electron chi connectivity index (χ2n) is 5.38. The lowest BCUT2D eigenvalue weighted by atomic mass is 9.76. The number of carbonyl (C=O) groups excluding carboxylic acids is 1. The zero-order chi connectivity index (χ0) is 13.1. The summed E-state index contributed by atoms with van der Waals surface area (Å²) in [5.41, 5.74) is 5.43. The number of piperidine rings is 1. The molecule has 5 heteroatoms.